The van der Waals surface area contributed by atoms with Crippen LogP contribution in [0.5, 0.6) is 0 Å². The Bertz CT molecular complexity index is 691. The molecule has 0 spiro atoms. The summed E-state index contributed by atoms with van der Waals surface area (Å²) < 4.78 is 2.03. The maximum absolute atomic E-state index is 5.65. The Morgan fingerprint density at radius 2 is 1.36 bits per heavy atom. The lowest BCUT2D eigenvalue weighted by Gasteiger charge is -1.96. The molecule has 0 amide bonds. The van der Waals surface area contributed by atoms with E-state index in [0.29, 0.717) is 0 Å². The van der Waals surface area contributed by atoms with Crippen LogP contribution in [0, 0.1) is 0 Å². The molecule has 5 nitrogen and oxygen atoms in total. The van der Waals surface area contributed by atoms with E-state index in [-0.39, 0.29) is 5.96 Å². The number of nitrogens with two attached hydrogens (primary N) is 1. The summed E-state index contributed by atoms with van der Waals surface area (Å²) in [5.74, 6) is 0.113. The third-order valence-electron chi connectivity index (χ3n) is 2.51. The second-order valence-corrected chi connectivity index (χ2v) is 6.03. The largest absolute Gasteiger partial charge is 0.367 e. The predicted octanol–water partition coefficient (Wildman–Crippen LogP) is 3.48. The lowest BCUT2D eigenvalue weighted by molar-refractivity contribution is 0.994. The number of rotatable bonds is 4. The Labute approximate surface area is 145 Å². The van der Waals surface area contributed by atoms with Crippen LogP contribution < -0.4 is 11.2 Å². The second kappa shape index (κ2) is 8.45. The minimum absolute atomic E-state index is 0.113. The zero-order chi connectivity index (χ0) is 15.8. The SMILES string of the molecule is NC(=N/N=C/c1ccc(Br)cc1)N/N=C/c1ccc(Br)cc1. The van der Waals surface area contributed by atoms with Crippen LogP contribution >= 0.6 is 31.9 Å². The molecule has 22 heavy (non-hydrogen) atoms. The molecule has 112 valence electrons. The minimum Gasteiger partial charge on any atom is -0.367 e. The molecular formula is C15H13Br2N5. The quantitative estimate of drug-likeness (QED) is 0.449. The average molecular weight is 423 g/mol. The number of nitrogens with one attached hydrogen (secondary N) is 1. The summed E-state index contributed by atoms with van der Waals surface area (Å²) in [5, 5.41) is 11.7. The van der Waals surface area contributed by atoms with Gasteiger partial charge in [0.05, 0.1) is 12.4 Å². The Morgan fingerprint density at radius 3 is 1.91 bits per heavy atom. The molecule has 2 aromatic rings. The Hall–Kier alpha value is -1.99. The summed E-state index contributed by atoms with van der Waals surface area (Å²) >= 11 is 6.74. The molecular weight excluding hydrogens is 410 g/mol. The van der Waals surface area contributed by atoms with E-state index in [1.54, 1.807) is 12.4 Å². The van der Waals surface area contributed by atoms with Crippen LogP contribution in [0.3, 0.4) is 0 Å². The summed E-state index contributed by atoms with van der Waals surface area (Å²) in [4.78, 5) is 0. The number of nitrogens with zero attached hydrogens (tertiary/aromatic N) is 3. The Balaban J connectivity index is 1.87. The van der Waals surface area contributed by atoms with Crippen molar-refractivity contribution < 1.29 is 0 Å². The fourth-order valence-corrected chi connectivity index (χ4v) is 1.98. The van der Waals surface area contributed by atoms with Gasteiger partial charge in [0.15, 0.2) is 0 Å². The minimum atomic E-state index is 0.113. The van der Waals surface area contributed by atoms with Crippen LogP contribution in [0.25, 0.3) is 0 Å². The first-order valence-electron chi connectivity index (χ1n) is 6.30. The van der Waals surface area contributed by atoms with Crippen molar-refractivity contribution in [3.63, 3.8) is 0 Å². The van der Waals surface area contributed by atoms with Crippen LogP contribution in [-0.4, -0.2) is 18.4 Å². The lowest BCUT2D eigenvalue weighted by atomic mass is 10.2. The highest BCUT2D eigenvalue weighted by Gasteiger charge is 1.90. The molecule has 3 N–H and O–H groups in total. The summed E-state index contributed by atoms with van der Waals surface area (Å²) in [6, 6.07) is 15.4. The summed E-state index contributed by atoms with van der Waals surface area (Å²) in [6.45, 7) is 0. The molecule has 0 aliphatic carbocycles. The molecule has 0 bridgehead atoms. The number of hydrogen-bond donors (Lipinski definition) is 2. The van der Waals surface area contributed by atoms with Crippen molar-refractivity contribution in [3.8, 4) is 0 Å². The first-order valence-corrected chi connectivity index (χ1v) is 7.89. The highest BCUT2D eigenvalue weighted by molar-refractivity contribution is 9.10. The van der Waals surface area contributed by atoms with Crippen LogP contribution in [0.4, 0.5) is 0 Å². The molecule has 0 aliphatic heterocycles. The van der Waals surface area contributed by atoms with Gasteiger partial charge in [-0.3, -0.25) is 0 Å². The van der Waals surface area contributed by atoms with Crippen molar-refractivity contribution in [3.05, 3.63) is 68.6 Å². The van der Waals surface area contributed by atoms with Gasteiger partial charge in [-0.2, -0.15) is 10.2 Å². The maximum atomic E-state index is 5.65. The molecule has 0 aromatic heterocycles. The van der Waals surface area contributed by atoms with Crippen molar-refractivity contribution in [2.45, 2.75) is 0 Å². The van der Waals surface area contributed by atoms with Crippen molar-refractivity contribution in [1.82, 2.24) is 5.43 Å². The first-order chi connectivity index (χ1) is 10.6. The molecule has 0 saturated heterocycles. The van der Waals surface area contributed by atoms with E-state index in [4.69, 9.17) is 5.73 Å². The zero-order valence-electron chi connectivity index (χ0n) is 11.4. The van der Waals surface area contributed by atoms with E-state index >= 15 is 0 Å². The van der Waals surface area contributed by atoms with Gasteiger partial charge in [0.25, 0.3) is 0 Å². The van der Waals surface area contributed by atoms with E-state index in [9.17, 15) is 0 Å². The maximum Gasteiger partial charge on any atom is 0.234 e. The van der Waals surface area contributed by atoms with Crippen molar-refractivity contribution in [2.75, 3.05) is 0 Å². The summed E-state index contributed by atoms with van der Waals surface area (Å²) in [7, 11) is 0. The zero-order valence-corrected chi connectivity index (χ0v) is 14.6. The van der Waals surface area contributed by atoms with Crippen molar-refractivity contribution in [2.24, 2.45) is 21.0 Å². The van der Waals surface area contributed by atoms with Gasteiger partial charge < -0.3 is 5.73 Å². The van der Waals surface area contributed by atoms with Gasteiger partial charge in [-0.1, -0.05) is 56.1 Å². The van der Waals surface area contributed by atoms with E-state index in [1.807, 2.05) is 48.5 Å². The molecule has 0 unspecified atom stereocenters. The molecule has 7 heteroatoms. The lowest BCUT2D eigenvalue weighted by Crippen LogP contribution is -2.26. The van der Waals surface area contributed by atoms with Crippen molar-refractivity contribution >= 4 is 50.2 Å². The summed E-state index contributed by atoms with van der Waals surface area (Å²) in [5.41, 5.74) is 10.1. The third kappa shape index (κ3) is 5.79. The molecule has 2 aromatic carbocycles. The fourth-order valence-electron chi connectivity index (χ4n) is 1.45. The van der Waals surface area contributed by atoms with Gasteiger partial charge in [-0.15, -0.1) is 5.10 Å². The van der Waals surface area contributed by atoms with E-state index in [1.165, 1.54) is 0 Å². The fraction of sp³-hybridized carbons (Fsp3) is 0. The predicted molar refractivity (Wildman–Crippen MR) is 98.2 cm³/mol. The summed E-state index contributed by atoms with van der Waals surface area (Å²) in [6.07, 6.45) is 3.26. The van der Waals surface area contributed by atoms with E-state index < -0.39 is 0 Å². The molecule has 0 saturated carbocycles. The van der Waals surface area contributed by atoms with Crippen LogP contribution in [-0.2, 0) is 0 Å². The molecule has 0 heterocycles. The smallest absolute Gasteiger partial charge is 0.234 e. The number of hydrazone groups is 1. The van der Waals surface area contributed by atoms with Crippen LogP contribution in [0.1, 0.15) is 11.1 Å². The third-order valence-corrected chi connectivity index (χ3v) is 3.56. The van der Waals surface area contributed by atoms with Crippen LogP contribution in [0.15, 0.2) is 72.8 Å². The second-order valence-electron chi connectivity index (χ2n) is 4.20. The highest BCUT2D eigenvalue weighted by atomic mass is 79.9. The van der Waals surface area contributed by atoms with Gasteiger partial charge in [0.2, 0.25) is 5.96 Å². The van der Waals surface area contributed by atoms with Gasteiger partial charge in [0.1, 0.15) is 0 Å². The monoisotopic (exact) mass is 421 g/mol. The van der Waals surface area contributed by atoms with E-state index in [2.05, 4.69) is 52.6 Å². The molecule has 0 fully saturated rings. The van der Waals surface area contributed by atoms with Crippen molar-refractivity contribution in [1.29, 1.82) is 0 Å². The molecule has 2 rings (SSSR count). The standard InChI is InChI=1S/C15H13Br2N5/c16-13-5-1-11(2-6-13)9-19-21-15(18)22-20-10-12-3-7-14(17)8-4-12/h1-10H,(H3,18,21,22)/b19-9+,20-10+. The van der Waals surface area contributed by atoms with Gasteiger partial charge >= 0.3 is 0 Å². The van der Waals surface area contributed by atoms with Crippen LogP contribution in [0.2, 0.25) is 0 Å². The normalized spacial score (nSPS) is 12.2. The number of benzene rings is 2. The topological polar surface area (TPSA) is 75.1 Å². The Morgan fingerprint density at radius 1 is 0.864 bits per heavy atom. The van der Waals surface area contributed by atoms with Gasteiger partial charge in [-0.05, 0) is 35.4 Å². The highest BCUT2D eigenvalue weighted by Crippen LogP contribution is 2.09. The number of hydrogen-bond acceptors (Lipinski definition) is 3. The van der Waals surface area contributed by atoms with Gasteiger partial charge in [-0.25, -0.2) is 5.43 Å². The number of guanidine groups is 1. The number of halogens is 2. The average Bonchev–Trinajstić information content (AvgIpc) is 2.51. The molecule has 0 radical (unpaired) electrons. The van der Waals surface area contributed by atoms with Gasteiger partial charge in [0, 0.05) is 8.95 Å². The molecule has 0 aliphatic rings. The Kier molecular flexibility index (Phi) is 6.29. The first kappa shape index (κ1) is 16.4. The van der Waals surface area contributed by atoms with E-state index in [0.717, 1.165) is 20.1 Å². The molecule has 0 atom stereocenters.